The molecule has 1 amide bonds. The Labute approximate surface area is 220 Å². The Morgan fingerprint density at radius 1 is 1.11 bits per heavy atom. The van der Waals surface area contributed by atoms with E-state index >= 15 is 0 Å². The number of methoxy groups -OCH3 is 1. The lowest BCUT2D eigenvalue weighted by Crippen LogP contribution is -2.56. The Hall–Kier alpha value is -4.27. The number of hydrogen-bond acceptors (Lipinski definition) is 6. The van der Waals surface area contributed by atoms with Crippen LogP contribution in [-0.2, 0) is 17.8 Å². The van der Waals surface area contributed by atoms with Crippen LogP contribution in [0.1, 0.15) is 29.9 Å². The zero-order valence-corrected chi connectivity index (χ0v) is 21.3. The monoisotopic (exact) mass is 513 g/mol. The van der Waals surface area contributed by atoms with Gasteiger partial charge in [0.25, 0.3) is 0 Å². The van der Waals surface area contributed by atoms with E-state index in [4.69, 9.17) is 9.15 Å². The van der Waals surface area contributed by atoms with Crippen molar-refractivity contribution < 1.29 is 24.2 Å². The van der Waals surface area contributed by atoms with E-state index in [0.717, 1.165) is 33.2 Å². The van der Waals surface area contributed by atoms with Crippen molar-refractivity contribution in [2.45, 2.75) is 31.5 Å². The summed E-state index contributed by atoms with van der Waals surface area (Å²) in [4.78, 5) is 16.9. The molecule has 0 spiro atoms. The van der Waals surface area contributed by atoms with Gasteiger partial charge in [-0.3, -0.25) is 10.1 Å². The molecule has 5 rings (SSSR count). The molecule has 2 unspecified atom stereocenters. The van der Waals surface area contributed by atoms with Gasteiger partial charge in [-0.2, -0.15) is 0 Å². The van der Waals surface area contributed by atoms with Crippen molar-refractivity contribution in [2.75, 3.05) is 13.7 Å². The number of aromatic amines is 1. The summed E-state index contributed by atoms with van der Waals surface area (Å²) in [5.74, 6) is 0.696. The second kappa shape index (κ2) is 10.6. The molecule has 38 heavy (non-hydrogen) atoms. The molecule has 0 bridgehead atoms. The summed E-state index contributed by atoms with van der Waals surface area (Å²) in [6.07, 6.45) is 1.35. The van der Waals surface area contributed by atoms with Gasteiger partial charge < -0.3 is 29.7 Å². The standard InChI is InChI=1S/C30H31N3O5/c1-30(15-21-16-31-24-9-5-4-8-23(21)24,33-17-22-13-20-7-3-6-10-27(20)38-22)29(36)32-18-26(35)19-11-12-25(34)28(14-19)37-2/h3-14,16,26,31,33-35H,15,17-18H2,1-2H3,(H,32,36). The van der Waals surface area contributed by atoms with E-state index in [1.165, 1.54) is 13.2 Å². The zero-order valence-electron chi connectivity index (χ0n) is 21.3. The van der Waals surface area contributed by atoms with Crippen molar-refractivity contribution in [3.05, 3.63) is 95.9 Å². The number of carbonyl (C=O) groups is 1. The second-order valence-corrected chi connectivity index (χ2v) is 9.63. The van der Waals surface area contributed by atoms with Gasteiger partial charge >= 0.3 is 0 Å². The molecule has 2 aromatic heterocycles. The Bertz CT molecular complexity index is 1540. The topological polar surface area (TPSA) is 120 Å². The normalized spacial score (nSPS) is 13.9. The van der Waals surface area contributed by atoms with Gasteiger partial charge in [0, 0.05) is 35.5 Å². The van der Waals surface area contributed by atoms with Gasteiger partial charge in [0.05, 0.1) is 25.3 Å². The molecule has 0 radical (unpaired) electrons. The summed E-state index contributed by atoms with van der Waals surface area (Å²) in [7, 11) is 1.44. The van der Waals surface area contributed by atoms with Crippen molar-refractivity contribution >= 4 is 27.8 Å². The molecule has 8 nitrogen and oxygen atoms in total. The SMILES string of the molecule is COc1cc(C(O)CNC(=O)C(C)(Cc2c[nH]c3ccccc23)NCc2cc3ccccc3o2)ccc1O. The highest BCUT2D eigenvalue weighted by Gasteiger charge is 2.34. The fourth-order valence-electron chi connectivity index (χ4n) is 4.69. The molecular formula is C30H31N3O5. The summed E-state index contributed by atoms with van der Waals surface area (Å²) >= 11 is 0. The van der Waals surface area contributed by atoms with Crippen LogP contribution in [0.2, 0.25) is 0 Å². The Kier molecular flexibility index (Phi) is 7.09. The summed E-state index contributed by atoms with van der Waals surface area (Å²) in [5, 5.41) is 28.9. The van der Waals surface area contributed by atoms with E-state index in [1.54, 1.807) is 12.1 Å². The first-order valence-corrected chi connectivity index (χ1v) is 12.5. The maximum Gasteiger partial charge on any atom is 0.240 e. The van der Waals surface area contributed by atoms with Crippen LogP contribution < -0.4 is 15.4 Å². The van der Waals surface area contributed by atoms with Gasteiger partial charge in [0.1, 0.15) is 11.3 Å². The van der Waals surface area contributed by atoms with E-state index in [1.807, 2.05) is 67.7 Å². The molecule has 0 aliphatic rings. The largest absolute Gasteiger partial charge is 0.504 e. The summed E-state index contributed by atoms with van der Waals surface area (Å²) < 4.78 is 11.1. The molecule has 5 aromatic rings. The predicted molar refractivity (Wildman–Crippen MR) is 146 cm³/mol. The number of aromatic nitrogens is 1. The molecule has 8 heteroatoms. The number of nitrogens with one attached hydrogen (secondary N) is 3. The Balaban J connectivity index is 1.35. The molecule has 3 aromatic carbocycles. The quantitative estimate of drug-likeness (QED) is 0.187. The van der Waals surface area contributed by atoms with Gasteiger partial charge in [0.2, 0.25) is 5.91 Å². The molecule has 0 aliphatic carbocycles. The number of carbonyl (C=O) groups excluding carboxylic acids is 1. The van der Waals surface area contributed by atoms with E-state index in [0.29, 0.717) is 18.5 Å². The van der Waals surface area contributed by atoms with Gasteiger partial charge in [-0.15, -0.1) is 0 Å². The Morgan fingerprint density at radius 3 is 2.71 bits per heavy atom. The number of hydrogen-bond donors (Lipinski definition) is 5. The number of benzene rings is 3. The number of phenols is 1. The van der Waals surface area contributed by atoms with E-state index < -0.39 is 11.6 Å². The minimum atomic E-state index is -1.02. The predicted octanol–water partition coefficient (Wildman–Crippen LogP) is 4.57. The van der Waals surface area contributed by atoms with Crippen LogP contribution >= 0.6 is 0 Å². The molecule has 5 N–H and O–H groups in total. The third kappa shape index (κ3) is 5.22. The average Bonchev–Trinajstić information content (AvgIpc) is 3.54. The van der Waals surface area contributed by atoms with E-state index in [-0.39, 0.29) is 24.0 Å². The van der Waals surface area contributed by atoms with Crippen LogP contribution in [0.15, 0.2) is 83.4 Å². The van der Waals surface area contributed by atoms with Crippen LogP contribution in [0.3, 0.4) is 0 Å². The molecule has 0 saturated heterocycles. The third-order valence-electron chi connectivity index (χ3n) is 6.89. The average molecular weight is 514 g/mol. The van der Waals surface area contributed by atoms with Crippen LogP contribution in [0.4, 0.5) is 0 Å². The fraction of sp³-hybridized carbons (Fsp3) is 0.233. The van der Waals surface area contributed by atoms with Crippen molar-refractivity contribution in [3.63, 3.8) is 0 Å². The highest BCUT2D eigenvalue weighted by molar-refractivity contribution is 5.89. The number of aliphatic hydroxyl groups excluding tert-OH is 1. The molecule has 2 heterocycles. The maximum atomic E-state index is 13.6. The number of aliphatic hydroxyl groups is 1. The summed E-state index contributed by atoms with van der Waals surface area (Å²) in [5.41, 5.74) is 2.29. The number of furan rings is 1. The minimum absolute atomic E-state index is 0.0114. The lowest BCUT2D eigenvalue weighted by Gasteiger charge is -2.30. The number of ether oxygens (including phenoxy) is 1. The van der Waals surface area contributed by atoms with Crippen LogP contribution in [0, 0.1) is 0 Å². The lowest BCUT2D eigenvalue weighted by atomic mass is 9.91. The number of H-pyrrole nitrogens is 1. The smallest absolute Gasteiger partial charge is 0.240 e. The zero-order chi connectivity index (χ0) is 26.7. The first-order valence-electron chi connectivity index (χ1n) is 12.5. The van der Waals surface area contributed by atoms with Crippen molar-refractivity contribution in [3.8, 4) is 11.5 Å². The van der Waals surface area contributed by atoms with E-state index in [2.05, 4.69) is 15.6 Å². The highest BCUT2D eigenvalue weighted by atomic mass is 16.5. The van der Waals surface area contributed by atoms with Crippen molar-refractivity contribution in [1.82, 2.24) is 15.6 Å². The van der Waals surface area contributed by atoms with Crippen LogP contribution in [0.5, 0.6) is 11.5 Å². The van der Waals surface area contributed by atoms with Gasteiger partial charge in [-0.05, 0) is 48.4 Å². The number of phenolic OH excluding ortho intramolecular Hbond substituents is 1. The highest BCUT2D eigenvalue weighted by Crippen LogP contribution is 2.29. The number of para-hydroxylation sites is 2. The Morgan fingerprint density at radius 2 is 1.89 bits per heavy atom. The van der Waals surface area contributed by atoms with Gasteiger partial charge in [-0.25, -0.2) is 0 Å². The third-order valence-corrected chi connectivity index (χ3v) is 6.89. The molecule has 196 valence electrons. The number of rotatable bonds is 10. The lowest BCUT2D eigenvalue weighted by molar-refractivity contribution is -0.127. The second-order valence-electron chi connectivity index (χ2n) is 9.63. The summed E-state index contributed by atoms with van der Waals surface area (Å²) in [6, 6.07) is 22.3. The van der Waals surface area contributed by atoms with Crippen molar-refractivity contribution in [2.24, 2.45) is 0 Å². The van der Waals surface area contributed by atoms with Crippen molar-refractivity contribution in [1.29, 1.82) is 0 Å². The number of amides is 1. The number of fused-ring (bicyclic) bond motifs is 2. The molecule has 0 saturated carbocycles. The molecule has 0 fully saturated rings. The minimum Gasteiger partial charge on any atom is -0.504 e. The maximum absolute atomic E-state index is 13.6. The van der Waals surface area contributed by atoms with Crippen LogP contribution in [-0.4, -0.2) is 40.3 Å². The first-order chi connectivity index (χ1) is 18.4. The van der Waals surface area contributed by atoms with Crippen LogP contribution in [0.25, 0.3) is 21.9 Å². The van der Waals surface area contributed by atoms with Gasteiger partial charge in [0.15, 0.2) is 11.5 Å². The number of aromatic hydroxyl groups is 1. The first kappa shape index (κ1) is 25.4. The fourth-order valence-corrected chi connectivity index (χ4v) is 4.69. The molecule has 0 aliphatic heterocycles. The molecule has 2 atom stereocenters. The molecular weight excluding hydrogens is 482 g/mol. The van der Waals surface area contributed by atoms with E-state index in [9.17, 15) is 15.0 Å². The summed E-state index contributed by atoms with van der Waals surface area (Å²) in [6.45, 7) is 2.18. The van der Waals surface area contributed by atoms with Gasteiger partial charge in [-0.1, -0.05) is 42.5 Å².